The lowest BCUT2D eigenvalue weighted by molar-refractivity contribution is -0.116. The van der Waals surface area contributed by atoms with Crippen molar-refractivity contribution in [2.45, 2.75) is 66.0 Å². The molecule has 9 heteroatoms. The monoisotopic (exact) mass is 476 g/mol. The Balaban J connectivity index is 1.32. The molecule has 1 amide bonds. The van der Waals surface area contributed by atoms with E-state index in [1.54, 1.807) is 0 Å². The van der Waals surface area contributed by atoms with Crippen LogP contribution in [0, 0.1) is 20.8 Å². The van der Waals surface area contributed by atoms with Crippen molar-refractivity contribution in [3.8, 4) is 11.4 Å². The molecule has 4 aromatic rings. The van der Waals surface area contributed by atoms with Gasteiger partial charge in [-0.1, -0.05) is 18.6 Å². The zero-order chi connectivity index (χ0) is 23.8. The van der Waals surface area contributed by atoms with E-state index in [4.69, 9.17) is 0 Å². The van der Waals surface area contributed by atoms with Crippen LogP contribution in [-0.4, -0.2) is 30.2 Å². The predicted molar refractivity (Wildman–Crippen MR) is 134 cm³/mol. The van der Waals surface area contributed by atoms with Gasteiger partial charge in [-0.3, -0.25) is 14.2 Å². The number of benzene rings is 1. The van der Waals surface area contributed by atoms with Crippen LogP contribution in [0.1, 0.15) is 47.5 Å². The molecule has 1 aliphatic rings. The molecule has 4 heterocycles. The maximum Gasteiger partial charge on any atom is 0.262 e. The zero-order valence-electron chi connectivity index (χ0n) is 19.7. The van der Waals surface area contributed by atoms with Gasteiger partial charge in [-0.25, -0.2) is 4.98 Å². The minimum atomic E-state index is -0.148. The Morgan fingerprint density at radius 3 is 2.85 bits per heavy atom. The summed E-state index contributed by atoms with van der Waals surface area (Å²) in [6.45, 7) is 7.10. The average Bonchev–Trinajstić information content (AvgIpc) is 3.25. The summed E-state index contributed by atoms with van der Waals surface area (Å²) in [6.07, 6.45) is 6.14. The van der Waals surface area contributed by atoms with Crippen LogP contribution in [0.4, 0.5) is 5.69 Å². The number of aromatic nitrogens is 5. The Labute approximate surface area is 201 Å². The number of rotatable bonds is 5. The molecule has 0 saturated carbocycles. The molecule has 0 unspecified atom stereocenters. The molecule has 0 atom stereocenters. The first-order valence-electron chi connectivity index (χ1n) is 11.7. The summed E-state index contributed by atoms with van der Waals surface area (Å²) in [5.41, 5.74) is 3.53. The molecule has 3 aromatic heterocycles. The summed E-state index contributed by atoms with van der Waals surface area (Å²) in [7, 11) is 0. The number of carbonyl (C=O) groups is 1. The highest BCUT2D eigenvalue weighted by Crippen LogP contribution is 2.27. The lowest BCUT2D eigenvalue weighted by Crippen LogP contribution is -2.23. The van der Waals surface area contributed by atoms with Gasteiger partial charge in [0.2, 0.25) is 5.91 Å². The van der Waals surface area contributed by atoms with Gasteiger partial charge in [-0.05, 0) is 50.8 Å². The Bertz CT molecular complexity index is 1450. The largest absolute Gasteiger partial charge is 0.326 e. The van der Waals surface area contributed by atoms with Gasteiger partial charge in [-0.2, -0.15) is 0 Å². The molecule has 0 fully saturated rings. The van der Waals surface area contributed by atoms with E-state index in [9.17, 15) is 9.59 Å². The minimum Gasteiger partial charge on any atom is -0.326 e. The maximum atomic E-state index is 12.9. The lowest BCUT2D eigenvalue weighted by Gasteiger charge is -2.12. The summed E-state index contributed by atoms with van der Waals surface area (Å²) in [4.78, 5) is 31.9. The summed E-state index contributed by atoms with van der Waals surface area (Å²) < 4.78 is 3.72. The molecular formula is C25H28N6O2S. The molecule has 0 aliphatic carbocycles. The predicted octanol–water partition coefficient (Wildman–Crippen LogP) is 4.40. The number of hydrogen-bond donors (Lipinski definition) is 1. The van der Waals surface area contributed by atoms with Gasteiger partial charge in [0.25, 0.3) is 5.56 Å². The quantitative estimate of drug-likeness (QED) is 0.461. The van der Waals surface area contributed by atoms with E-state index >= 15 is 0 Å². The number of hydrogen-bond acceptors (Lipinski definition) is 6. The second kappa shape index (κ2) is 9.13. The Morgan fingerprint density at radius 1 is 1.15 bits per heavy atom. The van der Waals surface area contributed by atoms with E-state index in [0.29, 0.717) is 5.39 Å². The van der Waals surface area contributed by atoms with Gasteiger partial charge in [0.15, 0.2) is 5.82 Å². The topological polar surface area (TPSA) is 94.7 Å². The fourth-order valence-corrected chi connectivity index (χ4v) is 5.45. The molecule has 0 bridgehead atoms. The number of thiophene rings is 1. The van der Waals surface area contributed by atoms with E-state index in [1.165, 1.54) is 28.7 Å². The Morgan fingerprint density at radius 2 is 2.00 bits per heavy atom. The van der Waals surface area contributed by atoms with Gasteiger partial charge < -0.3 is 9.88 Å². The standard InChI is InChI=1S/C25H28N6O2S/c1-15-8-9-18(23-29-28-20-7-5-4-6-11-31(20)23)13-19(15)27-21(32)10-12-30-14-26-24-22(25(30)33)16(2)17(3)34-24/h8-9,13-14H,4-7,10-12H2,1-3H3,(H,27,32). The third-order valence-corrected chi connectivity index (χ3v) is 7.73. The molecule has 1 N–H and O–H groups in total. The van der Waals surface area contributed by atoms with Crippen molar-refractivity contribution in [1.29, 1.82) is 0 Å². The third kappa shape index (κ3) is 4.16. The van der Waals surface area contributed by atoms with E-state index < -0.39 is 0 Å². The fourth-order valence-electron chi connectivity index (χ4n) is 4.46. The van der Waals surface area contributed by atoms with Gasteiger partial charge in [0, 0.05) is 42.1 Å². The van der Waals surface area contributed by atoms with Gasteiger partial charge in [0.05, 0.1) is 11.7 Å². The molecule has 0 saturated heterocycles. The number of aryl methyl sites for hydroxylation is 5. The van der Waals surface area contributed by atoms with E-state index in [-0.39, 0.29) is 24.4 Å². The van der Waals surface area contributed by atoms with Crippen LogP contribution in [0.5, 0.6) is 0 Å². The average molecular weight is 477 g/mol. The highest BCUT2D eigenvalue weighted by Gasteiger charge is 2.17. The molecule has 8 nitrogen and oxygen atoms in total. The summed E-state index contributed by atoms with van der Waals surface area (Å²) >= 11 is 1.52. The summed E-state index contributed by atoms with van der Waals surface area (Å²) in [6, 6.07) is 5.98. The highest BCUT2D eigenvalue weighted by atomic mass is 32.1. The molecule has 34 heavy (non-hydrogen) atoms. The van der Waals surface area contributed by atoms with Crippen LogP contribution >= 0.6 is 11.3 Å². The smallest absolute Gasteiger partial charge is 0.262 e. The molecule has 0 radical (unpaired) electrons. The summed E-state index contributed by atoms with van der Waals surface area (Å²) in [5.74, 6) is 1.73. The molecule has 176 valence electrons. The number of nitrogens with zero attached hydrogens (tertiary/aromatic N) is 5. The first-order chi connectivity index (χ1) is 16.4. The SMILES string of the molecule is Cc1ccc(-c2nnc3n2CCCCC3)cc1NC(=O)CCn1cnc2sc(C)c(C)c2c1=O. The first-order valence-corrected chi connectivity index (χ1v) is 12.5. The van der Waals surface area contributed by atoms with Crippen molar-refractivity contribution in [3.05, 3.63) is 56.7 Å². The number of nitrogens with one attached hydrogen (secondary N) is 1. The number of fused-ring (bicyclic) bond motifs is 2. The van der Waals surface area contributed by atoms with Gasteiger partial charge in [0.1, 0.15) is 10.7 Å². The summed E-state index contributed by atoms with van der Waals surface area (Å²) in [5, 5.41) is 12.5. The van der Waals surface area contributed by atoms with Crippen molar-refractivity contribution >= 4 is 33.1 Å². The molecule has 0 spiro atoms. The maximum absolute atomic E-state index is 12.9. The van der Waals surface area contributed by atoms with Crippen molar-refractivity contribution in [2.75, 3.05) is 5.32 Å². The molecule has 1 aliphatic heterocycles. The number of anilines is 1. The van der Waals surface area contributed by atoms with Gasteiger partial charge in [-0.15, -0.1) is 21.5 Å². The van der Waals surface area contributed by atoms with E-state index in [1.807, 2.05) is 39.0 Å². The van der Waals surface area contributed by atoms with Crippen molar-refractivity contribution in [3.63, 3.8) is 0 Å². The van der Waals surface area contributed by atoms with Crippen LogP contribution in [0.3, 0.4) is 0 Å². The van der Waals surface area contributed by atoms with Crippen LogP contribution < -0.4 is 10.9 Å². The highest BCUT2D eigenvalue weighted by molar-refractivity contribution is 7.18. The third-order valence-electron chi connectivity index (χ3n) is 6.61. The minimum absolute atomic E-state index is 0.0923. The first kappa shape index (κ1) is 22.5. The van der Waals surface area contributed by atoms with E-state index in [0.717, 1.165) is 69.5 Å². The fraction of sp³-hybridized carbons (Fsp3) is 0.400. The second-order valence-corrected chi connectivity index (χ2v) is 10.1. The van der Waals surface area contributed by atoms with Crippen molar-refractivity contribution < 1.29 is 4.79 Å². The van der Waals surface area contributed by atoms with Crippen LogP contribution in [0.2, 0.25) is 0 Å². The number of amides is 1. The van der Waals surface area contributed by atoms with Crippen LogP contribution in [0.15, 0.2) is 29.3 Å². The Kier molecular flexibility index (Phi) is 6.03. The Hall–Kier alpha value is -3.33. The van der Waals surface area contributed by atoms with Crippen LogP contribution in [-0.2, 0) is 24.3 Å². The normalized spacial score (nSPS) is 13.6. The van der Waals surface area contributed by atoms with Crippen LogP contribution in [0.25, 0.3) is 21.6 Å². The zero-order valence-corrected chi connectivity index (χ0v) is 20.5. The number of carbonyl (C=O) groups excluding carboxylic acids is 1. The lowest BCUT2D eigenvalue weighted by atomic mass is 10.1. The van der Waals surface area contributed by atoms with Crippen molar-refractivity contribution in [2.24, 2.45) is 0 Å². The van der Waals surface area contributed by atoms with Crippen molar-refractivity contribution in [1.82, 2.24) is 24.3 Å². The van der Waals surface area contributed by atoms with E-state index in [2.05, 4.69) is 25.1 Å². The second-order valence-electron chi connectivity index (χ2n) is 8.94. The molecule has 1 aromatic carbocycles. The molecule has 5 rings (SSSR count). The molecular weight excluding hydrogens is 448 g/mol. The van der Waals surface area contributed by atoms with Gasteiger partial charge >= 0.3 is 0 Å².